The summed E-state index contributed by atoms with van der Waals surface area (Å²) in [6, 6.07) is 3.69. The highest BCUT2D eigenvalue weighted by molar-refractivity contribution is 5.98. The molecule has 0 spiro atoms. The van der Waals surface area contributed by atoms with Crippen LogP contribution in [0.4, 0.5) is 5.82 Å². The number of piperidine rings is 1. The zero-order valence-corrected chi connectivity index (χ0v) is 22.0. The van der Waals surface area contributed by atoms with Crippen molar-refractivity contribution in [3.05, 3.63) is 53.5 Å². The molecule has 3 aromatic rings. The number of carbonyl (C=O) groups is 1. The van der Waals surface area contributed by atoms with Crippen molar-refractivity contribution in [2.24, 2.45) is 5.92 Å². The minimum Gasteiger partial charge on any atom is -0.467 e. The minimum absolute atomic E-state index is 0.0360. The van der Waals surface area contributed by atoms with Gasteiger partial charge in [0.2, 0.25) is 11.8 Å². The summed E-state index contributed by atoms with van der Waals surface area (Å²) in [5.41, 5.74) is 0.189. The monoisotopic (exact) mass is 495 g/mol. The van der Waals surface area contributed by atoms with Crippen LogP contribution in [-0.2, 0) is 12.0 Å². The fourth-order valence-corrected chi connectivity index (χ4v) is 4.39. The van der Waals surface area contributed by atoms with Crippen molar-refractivity contribution >= 4 is 11.7 Å². The van der Waals surface area contributed by atoms with E-state index in [1.807, 2.05) is 17.0 Å². The molecule has 2 N–H and O–H groups in total. The third kappa shape index (κ3) is 6.10. The first-order chi connectivity index (χ1) is 17.1. The van der Waals surface area contributed by atoms with Crippen molar-refractivity contribution in [1.29, 1.82) is 0 Å². The molecule has 1 saturated heterocycles. The quantitative estimate of drug-likeness (QED) is 0.479. The number of nitrogens with zero attached hydrogens (tertiary/aromatic N) is 5. The lowest BCUT2D eigenvalue weighted by atomic mass is 9.93. The van der Waals surface area contributed by atoms with E-state index in [1.54, 1.807) is 19.4 Å². The first-order valence-corrected chi connectivity index (χ1v) is 12.6. The van der Waals surface area contributed by atoms with E-state index < -0.39 is 0 Å². The van der Waals surface area contributed by atoms with Gasteiger partial charge in [-0.05, 0) is 24.5 Å². The van der Waals surface area contributed by atoms with Crippen molar-refractivity contribution in [1.82, 2.24) is 30.4 Å². The Hall–Kier alpha value is -3.27. The number of amides is 1. The van der Waals surface area contributed by atoms with Crippen LogP contribution < -0.4 is 10.6 Å². The molecule has 1 aliphatic heterocycles. The van der Waals surface area contributed by atoms with Crippen molar-refractivity contribution in [2.75, 3.05) is 25.0 Å². The molecule has 194 valence electrons. The minimum atomic E-state index is -0.261. The van der Waals surface area contributed by atoms with Gasteiger partial charge in [0.15, 0.2) is 0 Å². The molecule has 0 aromatic carbocycles. The highest BCUT2D eigenvalue weighted by atomic mass is 16.4. The highest BCUT2D eigenvalue weighted by Crippen LogP contribution is 2.28. The summed E-state index contributed by atoms with van der Waals surface area (Å²) in [5, 5.41) is 15.0. The molecule has 1 amide bonds. The van der Waals surface area contributed by atoms with Crippen LogP contribution in [0.5, 0.6) is 0 Å². The summed E-state index contributed by atoms with van der Waals surface area (Å²) in [6.45, 7) is 14.6. The molecule has 4 rings (SSSR count). The second-order valence-corrected chi connectivity index (χ2v) is 10.9. The van der Waals surface area contributed by atoms with E-state index in [0.717, 1.165) is 18.7 Å². The number of aromatic nitrogens is 4. The smallest absolute Gasteiger partial charge is 0.259 e. The molecule has 1 fully saturated rings. The van der Waals surface area contributed by atoms with Gasteiger partial charge in [0.25, 0.3) is 5.91 Å². The second kappa shape index (κ2) is 10.8. The Morgan fingerprint density at radius 1 is 1.28 bits per heavy atom. The van der Waals surface area contributed by atoms with E-state index in [0.29, 0.717) is 48.6 Å². The van der Waals surface area contributed by atoms with Gasteiger partial charge in [-0.25, -0.2) is 9.97 Å². The van der Waals surface area contributed by atoms with Crippen molar-refractivity contribution in [2.45, 2.75) is 71.9 Å². The van der Waals surface area contributed by atoms with E-state index in [4.69, 9.17) is 13.8 Å². The molecule has 2 atom stereocenters. The molecular weight excluding hydrogens is 458 g/mol. The number of hydrogen-bond donors (Lipinski definition) is 2. The van der Waals surface area contributed by atoms with Crippen LogP contribution >= 0.6 is 0 Å². The number of aryl methyl sites for hydroxylation is 1. The molecule has 0 aliphatic carbocycles. The Balaban J connectivity index is 1.63. The number of furan rings is 1. The summed E-state index contributed by atoms with van der Waals surface area (Å²) in [6.07, 6.45) is 4.03. The van der Waals surface area contributed by atoms with Gasteiger partial charge in [-0.1, -0.05) is 34.6 Å². The Labute approximate surface area is 212 Å². The van der Waals surface area contributed by atoms with Crippen LogP contribution in [-0.4, -0.2) is 56.6 Å². The standard InChI is InChI=1S/C26H37N7O3/c1-16(2)15-33(19-10-18(11-27-12-19)23-32-31-17(3)36-23)24(34)21-14-29-25(26(4,5)6)30-22(21)28-13-20-8-7-9-35-20/h7-9,14,16,18-19,27H,10-13,15H2,1-6H3,(H,28,29,30)/t18-,19?/m1/s1. The molecule has 4 heterocycles. The Morgan fingerprint density at radius 3 is 2.72 bits per heavy atom. The lowest BCUT2D eigenvalue weighted by Gasteiger charge is -2.38. The Kier molecular flexibility index (Phi) is 7.73. The van der Waals surface area contributed by atoms with Gasteiger partial charge in [0, 0.05) is 44.2 Å². The molecule has 10 heteroatoms. The number of carbonyl (C=O) groups excluding carboxylic acids is 1. The van der Waals surface area contributed by atoms with Crippen LogP contribution in [0.1, 0.15) is 80.7 Å². The average molecular weight is 496 g/mol. The summed E-state index contributed by atoms with van der Waals surface area (Å²) < 4.78 is 11.2. The SMILES string of the molecule is Cc1nnc([C@H]2CNCC(N(CC(C)C)C(=O)c3cnc(C(C)(C)C)nc3NCc3ccco3)C2)o1. The maximum Gasteiger partial charge on any atom is 0.259 e. The summed E-state index contributed by atoms with van der Waals surface area (Å²) >= 11 is 0. The zero-order chi connectivity index (χ0) is 25.9. The van der Waals surface area contributed by atoms with Crippen molar-refractivity contribution in [3.63, 3.8) is 0 Å². The third-order valence-electron chi connectivity index (χ3n) is 6.18. The maximum atomic E-state index is 14.1. The van der Waals surface area contributed by atoms with E-state index in [-0.39, 0.29) is 29.2 Å². The molecule has 0 bridgehead atoms. The van der Waals surface area contributed by atoms with Gasteiger partial charge in [0.05, 0.1) is 18.7 Å². The highest BCUT2D eigenvalue weighted by Gasteiger charge is 2.34. The van der Waals surface area contributed by atoms with Gasteiger partial charge in [0.1, 0.15) is 23.0 Å². The van der Waals surface area contributed by atoms with E-state index >= 15 is 0 Å². The topological polar surface area (TPSA) is 122 Å². The van der Waals surface area contributed by atoms with Crippen LogP contribution in [0.25, 0.3) is 0 Å². The van der Waals surface area contributed by atoms with Crippen LogP contribution in [0.3, 0.4) is 0 Å². The lowest BCUT2D eigenvalue weighted by Crippen LogP contribution is -2.52. The fraction of sp³-hybridized carbons (Fsp3) is 0.577. The molecule has 3 aromatic heterocycles. The molecule has 36 heavy (non-hydrogen) atoms. The van der Waals surface area contributed by atoms with Crippen molar-refractivity contribution < 1.29 is 13.6 Å². The summed E-state index contributed by atoms with van der Waals surface area (Å²) in [7, 11) is 0. The molecule has 0 saturated carbocycles. The fourth-order valence-electron chi connectivity index (χ4n) is 4.39. The predicted octanol–water partition coefficient (Wildman–Crippen LogP) is 3.91. The summed E-state index contributed by atoms with van der Waals surface area (Å²) in [5.74, 6) is 3.34. The zero-order valence-electron chi connectivity index (χ0n) is 22.0. The van der Waals surface area contributed by atoms with E-state index in [2.05, 4.69) is 60.4 Å². The number of nitrogens with one attached hydrogen (secondary N) is 2. The van der Waals surface area contributed by atoms with Crippen LogP contribution in [0.15, 0.2) is 33.4 Å². The Morgan fingerprint density at radius 2 is 2.08 bits per heavy atom. The molecule has 0 radical (unpaired) electrons. The van der Waals surface area contributed by atoms with Gasteiger partial charge in [-0.2, -0.15) is 0 Å². The van der Waals surface area contributed by atoms with Gasteiger partial charge >= 0.3 is 0 Å². The largest absolute Gasteiger partial charge is 0.467 e. The second-order valence-electron chi connectivity index (χ2n) is 10.9. The first kappa shape index (κ1) is 25.8. The van der Waals surface area contributed by atoms with Gasteiger partial charge in [-0.3, -0.25) is 4.79 Å². The first-order valence-electron chi connectivity index (χ1n) is 12.6. The number of anilines is 1. The molecular formula is C26H37N7O3. The molecule has 1 aliphatic rings. The number of hydrogen-bond acceptors (Lipinski definition) is 9. The lowest BCUT2D eigenvalue weighted by molar-refractivity contribution is 0.0603. The van der Waals surface area contributed by atoms with E-state index in [1.165, 1.54) is 0 Å². The van der Waals surface area contributed by atoms with Crippen molar-refractivity contribution in [3.8, 4) is 0 Å². The molecule has 1 unspecified atom stereocenters. The van der Waals surface area contributed by atoms with Gasteiger partial charge < -0.3 is 24.4 Å². The Bertz CT molecular complexity index is 1150. The average Bonchev–Trinajstić information content (AvgIpc) is 3.52. The van der Waals surface area contributed by atoms with Crippen LogP contribution in [0.2, 0.25) is 0 Å². The normalized spacial score (nSPS) is 18.4. The van der Waals surface area contributed by atoms with Gasteiger partial charge in [-0.15, -0.1) is 10.2 Å². The third-order valence-corrected chi connectivity index (χ3v) is 6.18. The molecule has 10 nitrogen and oxygen atoms in total. The van der Waals surface area contributed by atoms with E-state index in [9.17, 15) is 4.79 Å². The predicted molar refractivity (Wildman–Crippen MR) is 136 cm³/mol. The summed E-state index contributed by atoms with van der Waals surface area (Å²) in [4.78, 5) is 25.4. The maximum absolute atomic E-state index is 14.1. The van der Waals surface area contributed by atoms with Crippen LogP contribution in [0, 0.1) is 12.8 Å². The number of rotatable bonds is 8.